The first-order valence-corrected chi connectivity index (χ1v) is 54.3. The Hall–Kier alpha value is -11.3. The van der Waals surface area contributed by atoms with Crippen molar-refractivity contribution < 1.29 is 85.6 Å². The molecule has 146 heavy (non-hydrogen) atoms. The fraction of sp³-hybridized carbons (Fsp3) is 0.391. The summed E-state index contributed by atoms with van der Waals surface area (Å²) in [5, 5.41) is 9.67. The predicted octanol–water partition coefficient (Wildman–Crippen LogP) is 21.4. The van der Waals surface area contributed by atoms with Crippen LogP contribution in [0.5, 0.6) is 34.5 Å². The highest BCUT2D eigenvalue weighted by atomic mass is 32.1. The average Bonchev–Trinajstić information content (AvgIpc) is 1.62. The summed E-state index contributed by atoms with van der Waals surface area (Å²) in [5.74, 6) is 4.73. The largest absolute Gasteiger partial charge is 0.490 e. The number of fused-ring (bicyclic) bond motifs is 41. The number of thiophene rings is 4. The molecule has 8 aromatic carbocycles. The minimum absolute atomic E-state index is 0.0225. The van der Waals surface area contributed by atoms with Crippen molar-refractivity contribution in [1.82, 2.24) is 8.75 Å². The van der Waals surface area contributed by atoms with Gasteiger partial charge in [-0.25, -0.2) is 0 Å². The molecule has 11 heterocycles. The summed E-state index contributed by atoms with van der Waals surface area (Å²) in [6, 6.07) is 67.9. The number of rotatable bonds is 23. The molecule has 19 rings (SSSR count). The van der Waals surface area contributed by atoms with Crippen molar-refractivity contribution in [2.24, 2.45) is 0 Å². The van der Waals surface area contributed by atoms with Crippen molar-refractivity contribution in [3.63, 3.8) is 0 Å². The van der Waals surface area contributed by atoms with Crippen LogP contribution in [0.25, 0.3) is 72.0 Å². The number of hydrogen-bond donors (Lipinski definition) is 1. The SMILES string of the molecule is C=Cc1ccc(COCc2ccc(-c3ccc(/C=C/c4ccc(N5CCOc6cc(C)ccc6N6CCOCCOCCN(CCOCCOCC6)c6ccc(C)cc6OCC5)c(OCCOC)c4)s3)s2)cc1.COCCOc1cc(/C=C/c2ccc(-c3ccc(-c4ccc(CO)s4)c4nsnc34)s2)ccc1N1CCOc2cc(C)ccc2N2CCOCCOCCN(CCOCCOCC2)c2ccc(C)cc2OCC1. The van der Waals surface area contributed by atoms with Gasteiger partial charge in [0, 0.05) is 117 Å². The Kier molecular flexibility index (Phi) is 42.2. The van der Waals surface area contributed by atoms with E-state index in [4.69, 9.17) is 84.9 Å². The molecule has 0 saturated carbocycles. The quantitative estimate of drug-likeness (QED) is 0.0464. The highest BCUT2D eigenvalue weighted by Gasteiger charge is 2.26. The van der Waals surface area contributed by atoms with Gasteiger partial charge in [-0.15, -0.1) is 45.3 Å². The van der Waals surface area contributed by atoms with E-state index in [1.807, 2.05) is 18.2 Å². The van der Waals surface area contributed by atoms with Gasteiger partial charge in [-0.2, -0.15) is 8.75 Å². The van der Waals surface area contributed by atoms with Crippen molar-refractivity contribution in [2.45, 2.75) is 47.5 Å². The van der Waals surface area contributed by atoms with Crippen molar-refractivity contribution in [1.29, 1.82) is 0 Å². The van der Waals surface area contributed by atoms with E-state index in [-0.39, 0.29) is 6.61 Å². The Bertz CT molecular complexity index is 6080. The molecule has 6 aliphatic rings. The lowest BCUT2D eigenvalue weighted by Gasteiger charge is -2.30. The molecule has 0 amide bonds. The molecule has 0 aliphatic carbocycles. The number of aromatic nitrogens is 2. The molecule has 26 nitrogen and oxygen atoms in total. The second kappa shape index (κ2) is 57.3. The average molecular weight is 2080 g/mol. The fourth-order valence-electron chi connectivity index (χ4n) is 17.3. The molecule has 0 radical (unpaired) electrons. The van der Waals surface area contributed by atoms with Gasteiger partial charge < -0.3 is 115 Å². The molecule has 13 aromatic rings. The molecule has 0 spiro atoms. The van der Waals surface area contributed by atoms with Gasteiger partial charge in [0.1, 0.15) is 85.2 Å². The van der Waals surface area contributed by atoms with Gasteiger partial charge in [-0.1, -0.05) is 97.6 Å². The van der Waals surface area contributed by atoms with Gasteiger partial charge >= 0.3 is 0 Å². The number of nitrogens with zero attached hydrogens (tertiary/aromatic N) is 8. The van der Waals surface area contributed by atoms with Crippen molar-refractivity contribution >= 4 is 133 Å². The van der Waals surface area contributed by atoms with E-state index < -0.39 is 0 Å². The van der Waals surface area contributed by atoms with Gasteiger partial charge in [0.05, 0.1) is 211 Å². The van der Waals surface area contributed by atoms with Crippen LogP contribution in [0.2, 0.25) is 0 Å². The van der Waals surface area contributed by atoms with Crippen LogP contribution in [0.4, 0.5) is 34.1 Å². The van der Waals surface area contributed by atoms with Crippen LogP contribution in [0.3, 0.4) is 0 Å². The molecule has 31 heteroatoms. The lowest BCUT2D eigenvalue weighted by Crippen LogP contribution is -2.34. The lowest BCUT2D eigenvalue weighted by molar-refractivity contribution is 0.0435. The van der Waals surface area contributed by atoms with Crippen LogP contribution in [0.1, 0.15) is 64.0 Å². The van der Waals surface area contributed by atoms with E-state index in [0.717, 1.165) is 160 Å². The Morgan fingerprint density at radius 1 is 0.315 bits per heavy atom. The topological polar surface area (TPSA) is 222 Å². The van der Waals surface area contributed by atoms with Crippen LogP contribution in [-0.4, -0.2) is 265 Å². The number of methoxy groups -OCH3 is 2. The van der Waals surface area contributed by atoms with E-state index in [1.54, 1.807) is 59.6 Å². The Morgan fingerprint density at radius 3 is 1.01 bits per heavy atom. The zero-order valence-corrected chi connectivity index (χ0v) is 88.7. The van der Waals surface area contributed by atoms with Crippen LogP contribution in [-0.2, 0) is 71.9 Å². The van der Waals surface area contributed by atoms with Crippen molar-refractivity contribution in [3.05, 3.63) is 265 Å². The van der Waals surface area contributed by atoms with Crippen LogP contribution in [0, 0.1) is 27.7 Å². The van der Waals surface area contributed by atoms with Gasteiger partial charge in [0.2, 0.25) is 0 Å². The van der Waals surface area contributed by atoms with Gasteiger partial charge in [0.25, 0.3) is 0 Å². The van der Waals surface area contributed by atoms with Crippen molar-refractivity contribution in [3.8, 4) is 65.1 Å². The molecule has 2 fully saturated rings. The standard InChI is InChI=1S/C59H71N3O9S2.C56H65N5O9S3/c1-5-47-8-10-49(11-9-47)43-68-44-51-16-21-59(73-51)58-20-15-50(72-58)14-12-48-13-19-54(57(42-48)71-39-34-63-4)62-26-32-69-55-40-45(2)6-17-52(55)60-22-28-64-35-37-66-30-24-61(25-31-67-38-36-65-29-23-60)53-18-7-46(3)41-56(53)70-33-27-62;1-40-4-13-47-50(36-40)68-28-22-61(23-29-69-51-37-41(2)5-14-48(51)60-20-26-66-33-31-64-24-18-59(47)19-25-65-32-34-67-27-21-60)49-15-7-42(38-52(49)70-35-30-63-3)6-8-43-9-16-53(71-43)45-11-12-46(56-55(45)57-73-58-56)54-17-10-44(39-62)72-54/h5-21,40-42H,1,22-39,43-44H2,2-4H3;4-17,36-38,62H,18-35,39H2,1-3H3/b14-12+;8-6+. The predicted molar refractivity (Wildman–Crippen MR) is 595 cm³/mol. The van der Waals surface area contributed by atoms with E-state index in [1.165, 1.54) is 26.4 Å². The molecule has 2 saturated heterocycles. The maximum atomic E-state index is 9.67. The molecule has 0 unspecified atom stereocenters. The first-order chi connectivity index (χ1) is 71.8. The highest BCUT2D eigenvalue weighted by molar-refractivity contribution is 7.22. The van der Waals surface area contributed by atoms with Crippen LogP contribution >= 0.6 is 57.1 Å². The smallest absolute Gasteiger partial charge is 0.143 e. The lowest BCUT2D eigenvalue weighted by atomic mass is 10.1. The molecular formula is C115H136N8O18S5. The zero-order valence-electron chi connectivity index (χ0n) is 84.7. The summed E-state index contributed by atoms with van der Waals surface area (Å²) in [5.41, 5.74) is 18.4. The number of hydrogen-bond acceptors (Lipinski definition) is 31. The third-order valence-corrected chi connectivity index (χ3v) is 30.1. The molecule has 4 bridgehead atoms. The third kappa shape index (κ3) is 31.7. The summed E-state index contributed by atoms with van der Waals surface area (Å²) >= 11 is 8.06. The van der Waals surface area contributed by atoms with Crippen molar-refractivity contribution in [2.75, 3.05) is 281 Å². The van der Waals surface area contributed by atoms with E-state index in [0.29, 0.717) is 250 Å². The minimum Gasteiger partial charge on any atom is -0.490 e. The molecule has 1 N–H and O–H groups in total. The number of aliphatic hydroxyl groups excluding tert-OH is 1. The summed E-state index contributed by atoms with van der Waals surface area (Å²) in [6.45, 7) is 32.5. The first-order valence-electron chi connectivity index (χ1n) is 50.3. The number of benzene rings is 8. The van der Waals surface area contributed by atoms with Gasteiger partial charge in [0.15, 0.2) is 0 Å². The molecule has 6 aliphatic heterocycles. The zero-order chi connectivity index (χ0) is 101. The Balaban J connectivity index is 0.000000209. The summed E-state index contributed by atoms with van der Waals surface area (Å²) in [4.78, 5) is 22.8. The maximum absolute atomic E-state index is 9.67. The third-order valence-electron chi connectivity index (χ3n) is 25.1. The number of ether oxygens (including phenoxy) is 17. The van der Waals surface area contributed by atoms with E-state index >= 15 is 0 Å². The van der Waals surface area contributed by atoms with Crippen LogP contribution < -0.4 is 57.8 Å². The maximum Gasteiger partial charge on any atom is 0.143 e. The van der Waals surface area contributed by atoms with Gasteiger partial charge in [-0.3, -0.25) is 0 Å². The summed E-state index contributed by atoms with van der Waals surface area (Å²) < 4.78 is 116. The summed E-state index contributed by atoms with van der Waals surface area (Å²) in [6.07, 6.45) is 10.4. The first kappa shape index (κ1) is 107. The monoisotopic (exact) mass is 2080 g/mol. The minimum atomic E-state index is 0.0225. The highest BCUT2D eigenvalue weighted by Crippen LogP contribution is 2.44. The number of aryl methyl sites for hydroxylation is 4. The van der Waals surface area contributed by atoms with Gasteiger partial charge in [-0.05, 0) is 206 Å². The molecule has 0 atom stereocenters. The van der Waals surface area contributed by atoms with E-state index in [2.05, 4.69) is 274 Å². The second-order valence-electron chi connectivity index (χ2n) is 35.6. The number of anilines is 6. The number of aliphatic hydroxyl groups is 1. The Morgan fingerprint density at radius 2 is 0.637 bits per heavy atom. The Labute approximate surface area is 878 Å². The normalized spacial score (nSPS) is 16.2. The fourth-order valence-corrected chi connectivity index (χ4v) is 21.7. The van der Waals surface area contributed by atoms with E-state index in [9.17, 15) is 5.11 Å². The molecule has 774 valence electrons. The van der Waals surface area contributed by atoms with Crippen LogP contribution in [0.15, 0.2) is 201 Å². The molecular weight excluding hydrogens is 1940 g/mol. The molecule has 5 aromatic heterocycles. The summed E-state index contributed by atoms with van der Waals surface area (Å²) in [7, 11) is 3.38. The second-order valence-corrected chi connectivity index (χ2v) is 40.7.